The maximum absolute atomic E-state index is 12.3. The van der Waals surface area contributed by atoms with Crippen LogP contribution < -0.4 is 15.2 Å². The molecule has 0 radical (unpaired) electrons. The number of hydrogen-bond acceptors (Lipinski definition) is 5. The Morgan fingerprint density at radius 2 is 1.62 bits per heavy atom. The van der Waals surface area contributed by atoms with Gasteiger partial charge in [-0.3, -0.25) is 0 Å². The van der Waals surface area contributed by atoms with E-state index in [0.717, 1.165) is 5.56 Å². The first-order valence-corrected chi connectivity index (χ1v) is 7.81. The zero-order valence-corrected chi connectivity index (χ0v) is 14.0. The Balaban J connectivity index is 1.99. The van der Waals surface area contributed by atoms with Gasteiger partial charge in [-0.25, -0.2) is 4.98 Å². The molecule has 0 saturated heterocycles. The van der Waals surface area contributed by atoms with Gasteiger partial charge in [0.15, 0.2) is 0 Å². The fourth-order valence-corrected chi connectivity index (χ4v) is 2.46. The number of ether oxygens (including phenoxy) is 2. The molecule has 1 heterocycles. The summed E-state index contributed by atoms with van der Waals surface area (Å²) in [6.07, 6.45) is -4.82. The molecule has 0 amide bonds. The molecule has 0 spiro atoms. The Kier molecular flexibility index (Phi) is 4.58. The minimum absolute atomic E-state index is 0.102. The van der Waals surface area contributed by atoms with E-state index in [4.69, 9.17) is 10.5 Å². The fraction of sp³-hybridized carbons (Fsp3) is 0.222. The Hall–Kier alpha value is -3.03. The first-order valence-electron chi connectivity index (χ1n) is 7.81. The summed E-state index contributed by atoms with van der Waals surface area (Å²) in [4.78, 5) is 8.30. The molecule has 0 aliphatic carbocycles. The van der Waals surface area contributed by atoms with Crippen molar-refractivity contribution < 1.29 is 22.6 Å². The van der Waals surface area contributed by atoms with Gasteiger partial charge in [0, 0.05) is 0 Å². The number of rotatable bonds is 4. The molecule has 0 fully saturated rings. The van der Waals surface area contributed by atoms with Gasteiger partial charge in [-0.2, -0.15) is 4.98 Å². The largest absolute Gasteiger partial charge is 0.573 e. The second-order valence-electron chi connectivity index (χ2n) is 5.86. The summed E-state index contributed by atoms with van der Waals surface area (Å²) in [5.41, 5.74) is 7.82. The highest BCUT2D eigenvalue weighted by Crippen LogP contribution is 2.31. The number of aromatic nitrogens is 2. The summed E-state index contributed by atoms with van der Waals surface area (Å²) < 4.78 is 46.4. The second kappa shape index (κ2) is 6.70. The molecule has 3 aromatic rings. The second-order valence-corrected chi connectivity index (χ2v) is 5.86. The molecular weight excluding hydrogens is 347 g/mol. The van der Waals surface area contributed by atoms with E-state index in [-0.39, 0.29) is 17.8 Å². The molecule has 0 bridgehead atoms. The molecule has 0 unspecified atom stereocenters. The monoisotopic (exact) mass is 363 g/mol. The molecule has 2 N–H and O–H groups in total. The summed E-state index contributed by atoms with van der Waals surface area (Å²) in [5.74, 6) is 0.193. The van der Waals surface area contributed by atoms with Crippen molar-refractivity contribution in [3.63, 3.8) is 0 Å². The third-order valence-corrected chi connectivity index (χ3v) is 3.45. The standard InChI is InChI=1S/C18H16F3N3O2/c1-10(2)25-16-14-9-12(5-8-15(14)23-17(22)24-16)11-3-6-13(7-4-11)26-18(19,20)21/h3-10H,1-2H3,(H2,22,23,24). The van der Waals surface area contributed by atoms with Crippen molar-refractivity contribution in [2.24, 2.45) is 0 Å². The van der Waals surface area contributed by atoms with E-state index in [1.54, 1.807) is 24.3 Å². The molecule has 3 rings (SSSR count). The van der Waals surface area contributed by atoms with Gasteiger partial charge in [-0.15, -0.1) is 13.2 Å². The lowest BCUT2D eigenvalue weighted by Crippen LogP contribution is -2.16. The number of fused-ring (bicyclic) bond motifs is 1. The van der Waals surface area contributed by atoms with Crippen molar-refractivity contribution in [3.05, 3.63) is 42.5 Å². The molecule has 0 saturated carbocycles. The van der Waals surface area contributed by atoms with E-state index in [1.165, 1.54) is 12.1 Å². The van der Waals surface area contributed by atoms with Crippen LogP contribution in [0.25, 0.3) is 22.0 Å². The fourth-order valence-electron chi connectivity index (χ4n) is 2.46. The van der Waals surface area contributed by atoms with E-state index in [9.17, 15) is 13.2 Å². The minimum Gasteiger partial charge on any atom is -0.474 e. The lowest BCUT2D eigenvalue weighted by atomic mass is 10.0. The third kappa shape index (κ3) is 4.14. The Bertz CT molecular complexity index is 925. The summed E-state index contributed by atoms with van der Waals surface area (Å²) >= 11 is 0. The molecule has 26 heavy (non-hydrogen) atoms. The van der Waals surface area contributed by atoms with Crippen LogP contribution in [0.2, 0.25) is 0 Å². The van der Waals surface area contributed by atoms with Gasteiger partial charge in [0.25, 0.3) is 0 Å². The lowest BCUT2D eigenvalue weighted by molar-refractivity contribution is -0.274. The number of alkyl halides is 3. The molecule has 0 aliphatic heterocycles. The Labute approximate surface area is 147 Å². The Morgan fingerprint density at radius 1 is 0.962 bits per heavy atom. The van der Waals surface area contributed by atoms with Crippen LogP contribution in [0.15, 0.2) is 42.5 Å². The average Bonchev–Trinajstić information content (AvgIpc) is 2.53. The SMILES string of the molecule is CC(C)Oc1nc(N)nc2ccc(-c3ccc(OC(F)(F)F)cc3)cc12. The van der Waals surface area contributed by atoms with Gasteiger partial charge >= 0.3 is 6.36 Å². The van der Waals surface area contributed by atoms with Crippen LogP contribution in [0.4, 0.5) is 19.1 Å². The van der Waals surface area contributed by atoms with E-state index >= 15 is 0 Å². The lowest BCUT2D eigenvalue weighted by Gasteiger charge is -2.13. The van der Waals surface area contributed by atoms with Crippen LogP contribution >= 0.6 is 0 Å². The van der Waals surface area contributed by atoms with Crippen LogP contribution in [0, 0.1) is 0 Å². The van der Waals surface area contributed by atoms with E-state index in [1.807, 2.05) is 19.9 Å². The van der Waals surface area contributed by atoms with Gasteiger partial charge < -0.3 is 15.2 Å². The molecule has 0 atom stereocenters. The number of anilines is 1. The molecule has 1 aromatic heterocycles. The highest BCUT2D eigenvalue weighted by molar-refractivity contribution is 5.89. The molecule has 2 aromatic carbocycles. The normalized spacial score (nSPS) is 11.8. The minimum atomic E-state index is -4.72. The van der Waals surface area contributed by atoms with Crippen molar-refractivity contribution in [1.29, 1.82) is 0 Å². The zero-order chi connectivity index (χ0) is 18.9. The highest BCUT2D eigenvalue weighted by Gasteiger charge is 2.30. The Morgan fingerprint density at radius 3 is 2.23 bits per heavy atom. The van der Waals surface area contributed by atoms with Crippen molar-refractivity contribution in [3.8, 4) is 22.8 Å². The summed E-state index contributed by atoms with van der Waals surface area (Å²) in [7, 11) is 0. The molecular formula is C18H16F3N3O2. The predicted octanol–water partition coefficient (Wildman–Crippen LogP) is 4.56. The van der Waals surface area contributed by atoms with Gasteiger partial charge in [0.1, 0.15) is 5.75 Å². The van der Waals surface area contributed by atoms with Crippen LogP contribution in [-0.4, -0.2) is 22.4 Å². The molecule has 136 valence electrons. The third-order valence-electron chi connectivity index (χ3n) is 3.45. The summed E-state index contributed by atoms with van der Waals surface area (Å²) in [5, 5.41) is 0.668. The zero-order valence-electron chi connectivity index (χ0n) is 14.0. The van der Waals surface area contributed by atoms with Crippen molar-refractivity contribution >= 4 is 16.9 Å². The number of hydrogen-bond donors (Lipinski definition) is 1. The van der Waals surface area contributed by atoms with Crippen molar-refractivity contribution in [2.45, 2.75) is 26.3 Å². The topological polar surface area (TPSA) is 70.3 Å². The van der Waals surface area contributed by atoms with Gasteiger partial charge in [-0.05, 0) is 49.2 Å². The van der Waals surface area contributed by atoms with Gasteiger partial charge in [0.2, 0.25) is 11.8 Å². The average molecular weight is 363 g/mol. The number of nitrogens with two attached hydrogens (primary N) is 1. The maximum atomic E-state index is 12.3. The van der Waals surface area contributed by atoms with E-state index in [0.29, 0.717) is 22.3 Å². The summed E-state index contributed by atoms with van der Waals surface area (Å²) in [6.45, 7) is 3.74. The van der Waals surface area contributed by atoms with Gasteiger partial charge in [-0.1, -0.05) is 18.2 Å². The number of benzene rings is 2. The molecule has 8 heteroatoms. The first-order chi connectivity index (χ1) is 12.2. The summed E-state index contributed by atoms with van der Waals surface area (Å²) in [6, 6.07) is 11.0. The van der Waals surface area contributed by atoms with Crippen LogP contribution in [0.1, 0.15) is 13.8 Å². The molecule has 5 nitrogen and oxygen atoms in total. The maximum Gasteiger partial charge on any atom is 0.573 e. The first kappa shape index (κ1) is 17.8. The number of nitrogen functional groups attached to an aromatic ring is 1. The van der Waals surface area contributed by atoms with Crippen LogP contribution in [0.3, 0.4) is 0 Å². The van der Waals surface area contributed by atoms with Crippen LogP contribution in [0.5, 0.6) is 11.6 Å². The van der Waals surface area contributed by atoms with Crippen molar-refractivity contribution in [2.75, 3.05) is 5.73 Å². The molecule has 0 aliphatic rings. The van der Waals surface area contributed by atoms with Crippen LogP contribution in [-0.2, 0) is 0 Å². The smallest absolute Gasteiger partial charge is 0.474 e. The predicted molar refractivity (Wildman–Crippen MR) is 91.8 cm³/mol. The van der Waals surface area contributed by atoms with Gasteiger partial charge in [0.05, 0.1) is 17.0 Å². The van der Waals surface area contributed by atoms with E-state index < -0.39 is 6.36 Å². The number of nitrogens with zero attached hydrogens (tertiary/aromatic N) is 2. The highest BCUT2D eigenvalue weighted by atomic mass is 19.4. The van der Waals surface area contributed by atoms with E-state index in [2.05, 4.69) is 14.7 Å². The number of halogens is 3. The quantitative estimate of drug-likeness (QED) is 0.736. The van der Waals surface area contributed by atoms with Crippen molar-refractivity contribution in [1.82, 2.24) is 9.97 Å².